The maximum atomic E-state index is 10.8. The van der Waals surface area contributed by atoms with E-state index >= 15 is 0 Å². The Hall–Kier alpha value is -2.06. The minimum atomic E-state index is -0.147. The number of hydrogen-bond acceptors (Lipinski definition) is 4. The number of rotatable bonds is 7. The summed E-state index contributed by atoms with van der Waals surface area (Å²) in [5, 5.41) is 8.86. The number of ether oxygens (including phenoxy) is 1. The number of carbonyl (C=O) groups is 1. The molecule has 0 atom stereocenters. The monoisotopic (exact) mass is 247 g/mol. The lowest BCUT2D eigenvalue weighted by molar-refractivity contribution is -0.121. The molecule has 96 valence electrons. The van der Waals surface area contributed by atoms with Gasteiger partial charge in [-0.1, -0.05) is 12.1 Å². The Bertz CT molecular complexity index is 426. The van der Waals surface area contributed by atoms with Crippen LogP contribution in [0.15, 0.2) is 24.3 Å². The Morgan fingerprint density at radius 2 is 2.11 bits per heavy atom. The molecule has 1 aromatic carbocycles. The zero-order valence-electron chi connectivity index (χ0n) is 10.2. The lowest BCUT2D eigenvalue weighted by atomic mass is 10.2. The molecule has 18 heavy (non-hydrogen) atoms. The largest absolute Gasteiger partial charge is 0.492 e. The molecule has 0 aliphatic heterocycles. The number of hydrazine groups is 1. The Balaban J connectivity index is 2.18. The molecule has 0 saturated carbocycles. The average molecular weight is 247 g/mol. The SMILES string of the molecule is N#Cc1ccccc1OCCCCCC(=O)NN. The molecule has 0 bridgehead atoms. The highest BCUT2D eigenvalue weighted by Gasteiger charge is 2.01. The van der Waals surface area contributed by atoms with Gasteiger partial charge in [0, 0.05) is 6.42 Å². The van der Waals surface area contributed by atoms with E-state index in [1.54, 1.807) is 18.2 Å². The molecule has 0 spiro atoms. The molecule has 0 saturated heterocycles. The van der Waals surface area contributed by atoms with Gasteiger partial charge in [0.2, 0.25) is 5.91 Å². The number of nitrogens with zero attached hydrogens (tertiary/aromatic N) is 1. The molecule has 1 rings (SSSR count). The molecule has 5 nitrogen and oxygen atoms in total. The first-order valence-corrected chi connectivity index (χ1v) is 5.89. The van der Waals surface area contributed by atoms with E-state index in [1.165, 1.54) is 0 Å². The molecular weight excluding hydrogens is 230 g/mol. The summed E-state index contributed by atoms with van der Waals surface area (Å²) >= 11 is 0. The molecule has 0 aromatic heterocycles. The molecule has 0 aliphatic rings. The van der Waals surface area contributed by atoms with Gasteiger partial charge in [0.05, 0.1) is 12.2 Å². The first kappa shape index (κ1) is 14.0. The van der Waals surface area contributed by atoms with Gasteiger partial charge in [-0.25, -0.2) is 5.84 Å². The summed E-state index contributed by atoms with van der Waals surface area (Å²) in [5.74, 6) is 5.43. The van der Waals surface area contributed by atoms with Crippen LogP contribution in [-0.2, 0) is 4.79 Å². The molecule has 0 heterocycles. The molecule has 1 amide bonds. The van der Waals surface area contributed by atoms with Crippen LogP contribution in [0.3, 0.4) is 0 Å². The lowest BCUT2D eigenvalue weighted by Gasteiger charge is -2.07. The van der Waals surface area contributed by atoms with Crippen LogP contribution in [0.1, 0.15) is 31.2 Å². The number of hydrogen-bond donors (Lipinski definition) is 2. The zero-order chi connectivity index (χ0) is 13.2. The minimum Gasteiger partial charge on any atom is -0.492 e. The fourth-order valence-corrected chi connectivity index (χ4v) is 1.50. The quantitative estimate of drug-likeness (QED) is 0.330. The van der Waals surface area contributed by atoms with Gasteiger partial charge in [0.15, 0.2) is 0 Å². The number of nitriles is 1. The van der Waals surface area contributed by atoms with Crippen LogP contribution in [0.25, 0.3) is 0 Å². The summed E-state index contributed by atoms with van der Waals surface area (Å²) in [7, 11) is 0. The number of para-hydroxylation sites is 1. The molecular formula is C13H17N3O2. The van der Waals surface area contributed by atoms with Gasteiger partial charge in [-0.3, -0.25) is 10.2 Å². The summed E-state index contributed by atoms with van der Waals surface area (Å²) in [5.41, 5.74) is 2.63. The summed E-state index contributed by atoms with van der Waals surface area (Å²) in [6.45, 7) is 0.545. The van der Waals surface area contributed by atoms with Gasteiger partial charge in [0.25, 0.3) is 0 Å². The Kier molecular flexibility index (Phi) is 6.30. The van der Waals surface area contributed by atoms with E-state index in [4.69, 9.17) is 15.8 Å². The predicted octanol–water partition coefficient (Wildman–Crippen LogP) is 1.49. The van der Waals surface area contributed by atoms with Crippen LogP contribution in [-0.4, -0.2) is 12.5 Å². The number of carbonyl (C=O) groups excluding carboxylic acids is 1. The van der Waals surface area contributed by atoms with E-state index in [-0.39, 0.29) is 5.91 Å². The first-order chi connectivity index (χ1) is 8.77. The maximum Gasteiger partial charge on any atom is 0.233 e. The molecule has 3 N–H and O–H groups in total. The van der Waals surface area contributed by atoms with Crippen molar-refractivity contribution < 1.29 is 9.53 Å². The van der Waals surface area contributed by atoms with Crippen LogP contribution in [0.4, 0.5) is 0 Å². The van der Waals surface area contributed by atoms with Gasteiger partial charge in [0.1, 0.15) is 11.8 Å². The van der Waals surface area contributed by atoms with E-state index in [0.29, 0.717) is 24.3 Å². The van der Waals surface area contributed by atoms with Gasteiger partial charge in [-0.05, 0) is 31.4 Å². The second-order valence-corrected chi connectivity index (χ2v) is 3.83. The van der Waals surface area contributed by atoms with Crippen molar-refractivity contribution in [2.45, 2.75) is 25.7 Å². The van der Waals surface area contributed by atoms with Crippen LogP contribution in [0.5, 0.6) is 5.75 Å². The third kappa shape index (κ3) is 4.85. The average Bonchev–Trinajstić information content (AvgIpc) is 2.42. The number of nitrogens with one attached hydrogen (secondary N) is 1. The molecule has 0 aliphatic carbocycles. The second-order valence-electron chi connectivity index (χ2n) is 3.83. The Labute approximate surface area is 107 Å². The van der Waals surface area contributed by atoms with E-state index in [2.05, 4.69) is 11.5 Å². The van der Waals surface area contributed by atoms with Crippen LogP contribution in [0.2, 0.25) is 0 Å². The predicted molar refractivity (Wildman–Crippen MR) is 67.5 cm³/mol. The van der Waals surface area contributed by atoms with E-state index in [0.717, 1.165) is 19.3 Å². The fourth-order valence-electron chi connectivity index (χ4n) is 1.50. The molecule has 1 aromatic rings. The number of nitrogens with two attached hydrogens (primary N) is 1. The first-order valence-electron chi connectivity index (χ1n) is 5.89. The van der Waals surface area contributed by atoms with Gasteiger partial charge >= 0.3 is 0 Å². The third-order valence-electron chi connectivity index (χ3n) is 2.47. The van der Waals surface area contributed by atoms with Gasteiger partial charge < -0.3 is 4.74 Å². The van der Waals surface area contributed by atoms with E-state index in [9.17, 15) is 4.79 Å². The number of amides is 1. The molecule has 0 unspecified atom stereocenters. The van der Waals surface area contributed by atoms with Crippen LogP contribution < -0.4 is 16.0 Å². The van der Waals surface area contributed by atoms with Crippen LogP contribution >= 0.6 is 0 Å². The topological polar surface area (TPSA) is 88.1 Å². The van der Waals surface area contributed by atoms with Crippen molar-refractivity contribution in [2.24, 2.45) is 5.84 Å². The zero-order valence-corrected chi connectivity index (χ0v) is 10.2. The van der Waals surface area contributed by atoms with Crippen molar-refractivity contribution in [1.82, 2.24) is 5.43 Å². The highest BCUT2D eigenvalue weighted by molar-refractivity contribution is 5.75. The van der Waals surface area contributed by atoms with Gasteiger partial charge in [-0.2, -0.15) is 5.26 Å². The Morgan fingerprint density at radius 1 is 1.33 bits per heavy atom. The number of benzene rings is 1. The van der Waals surface area contributed by atoms with Crippen LogP contribution in [0, 0.1) is 11.3 Å². The summed E-state index contributed by atoms with van der Waals surface area (Å²) in [6, 6.07) is 9.22. The van der Waals surface area contributed by atoms with Crippen molar-refractivity contribution in [3.63, 3.8) is 0 Å². The van der Waals surface area contributed by atoms with Crippen molar-refractivity contribution in [2.75, 3.05) is 6.61 Å². The summed E-state index contributed by atoms with van der Waals surface area (Å²) in [4.78, 5) is 10.8. The van der Waals surface area contributed by atoms with E-state index in [1.807, 2.05) is 6.07 Å². The lowest BCUT2D eigenvalue weighted by Crippen LogP contribution is -2.29. The van der Waals surface area contributed by atoms with Crippen molar-refractivity contribution >= 4 is 5.91 Å². The smallest absolute Gasteiger partial charge is 0.233 e. The Morgan fingerprint density at radius 3 is 2.83 bits per heavy atom. The number of unbranched alkanes of at least 4 members (excludes halogenated alkanes) is 2. The molecule has 0 fully saturated rings. The molecule has 0 radical (unpaired) electrons. The van der Waals surface area contributed by atoms with E-state index < -0.39 is 0 Å². The fraction of sp³-hybridized carbons (Fsp3) is 0.385. The normalized spacial score (nSPS) is 9.56. The summed E-state index contributed by atoms with van der Waals surface area (Å²) in [6.07, 6.45) is 2.96. The highest BCUT2D eigenvalue weighted by atomic mass is 16.5. The second kappa shape index (κ2) is 8.09. The summed E-state index contributed by atoms with van der Waals surface area (Å²) < 4.78 is 5.51. The standard InChI is InChI=1S/C13H17N3O2/c14-10-11-6-3-4-7-12(11)18-9-5-1-2-8-13(17)16-15/h3-4,6-7H,1-2,5,8-9,15H2,(H,16,17). The highest BCUT2D eigenvalue weighted by Crippen LogP contribution is 2.16. The van der Waals surface area contributed by atoms with Crippen molar-refractivity contribution in [1.29, 1.82) is 5.26 Å². The third-order valence-corrected chi connectivity index (χ3v) is 2.47. The minimum absolute atomic E-state index is 0.147. The maximum absolute atomic E-state index is 10.8. The van der Waals surface area contributed by atoms with Crippen molar-refractivity contribution in [3.8, 4) is 11.8 Å². The van der Waals surface area contributed by atoms with Crippen molar-refractivity contribution in [3.05, 3.63) is 29.8 Å². The molecule has 5 heteroatoms. The van der Waals surface area contributed by atoms with Gasteiger partial charge in [-0.15, -0.1) is 0 Å².